The fourth-order valence-corrected chi connectivity index (χ4v) is 2.39. The third-order valence-electron chi connectivity index (χ3n) is 2.34. The van der Waals surface area contributed by atoms with Crippen LogP contribution in [0, 0.1) is 0 Å². The van der Waals surface area contributed by atoms with E-state index in [-0.39, 0.29) is 0 Å². The fourth-order valence-electron chi connectivity index (χ4n) is 1.44. The molecule has 0 radical (unpaired) electrons. The molecule has 0 atom stereocenters. The molecule has 1 aromatic heterocycles. The van der Waals surface area contributed by atoms with E-state index in [0.29, 0.717) is 11.6 Å². The molecular formula is C12H13ClN2O2S. The average Bonchev–Trinajstić information content (AvgIpc) is 2.87. The molecule has 1 heterocycles. The van der Waals surface area contributed by atoms with Crippen molar-refractivity contribution in [3.8, 4) is 11.5 Å². The van der Waals surface area contributed by atoms with E-state index in [0.717, 1.165) is 22.3 Å². The minimum atomic E-state index is 0.415. The minimum absolute atomic E-state index is 0.415. The number of methoxy groups -OCH3 is 2. The highest BCUT2D eigenvalue weighted by atomic mass is 35.5. The molecule has 2 aromatic rings. The quantitative estimate of drug-likeness (QED) is 0.851. The van der Waals surface area contributed by atoms with Crippen LogP contribution < -0.4 is 14.8 Å². The van der Waals surface area contributed by atoms with Gasteiger partial charge >= 0.3 is 0 Å². The number of hydrogen-bond acceptors (Lipinski definition) is 5. The molecule has 0 fully saturated rings. The van der Waals surface area contributed by atoms with Gasteiger partial charge in [0, 0.05) is 11.4 Å². The summed E-state index contributed by atoms with van der Waals surface area (Å²) >= 11 is 7.22. The van der Waals surface area contributed by atoms with E-state index in [2.05, 4.69) is 10.3 Å². The van der Waals surface area contributed by atoms with Gasteiger partial charge in [-0.05, 0) is 12.1 Å². The molecule has 0 saturated carbocycles. The van der Waals surface area contributed by atoms with Crippen molar-refractivity contribution in [3.63, 3.8) is 0 Å². The van der Waals surface area contributed by atoms with Gasteiger partial charge in [-0.3, -0.25) is 0 Å². The molecule has 0 aliphatic heterocycles. The molecule has 1 aromatic carbocycles. The van der Waals surface area contributed by atoms with Gasteiger partial charge in [0.25, 0.3) is 0 Å². The minimum Gasteiger partial charge on any atom is -0.497 e. The van der Waals surface area contributed by atoms with Crippen molar-refractivity contribution < 1.29 is 9.47 Å². The Labute approximate surface area is 115 Å². The lowest BCUT2D eigenvalue weighted by Crippen LogP contribution is -1.95. The van der Waals surface area contributed by atoms with Crippen molar-refractivity contribution in [1.29, 1.82) is 0 Å². The number of rotatable bonds is 5. The largest absolute Gasteiger partial charge is 0.497 e. The lowest BCUT2D eigenvalue weighted by atomic mass is 10.3. The Morgan fingerprint density at radius 3 is 2.78 bits per heavy atom. The van der Waals surface area contributed by atoms with Crippen molar-refractivity contribution >= 4 is 33.8 Å². The van der Waals surface area contributed by atoms with E-state index >= 15 is 0 Å². The maximum absolute atomic E-state index is 5.72. The van der Waals surface area contributed by atoms with E-state index in [9.17, 15) is 0 Å². The Bertz CT molecular complexity index is 531. The summed E-state index contributed by atoms with van der Waals surface area (Å²) in [6.45, 7) is 0. The van der Waals surface area contributed by atoms with Crippen molar-refractivity contribution in [1.82, 2.24) is 4.98 Å². The molecule has 0 amide bonds. The van der Waals surface area contributed by atoms with E-state index < -0.39 is 0 Å². The number of benzene rings is 1. The second-order valence-corrected chi connectivity index (χ2v) is 4.59. The van der Waals surface area contributed by atoms with Gasteiger partial charge in [-0.1, -0.05) is 0 Å². The SMILES string of the molecule is COc1ccc(Nc2nc(CCl)cs2)c(OC)c1. The Morgan fingerprint density at radius 2 is 2.17 bits per heavy atom. The first-order valence-corrected chi connectivity index (χ1v) is 6.67. The summed E-state index contributed by atoms with van der Waals surface area (Å²) in [5.74, 6) is 1.87. The topological polar surface area (TPSA) is 43.4 Å². The number of nitrogens with one attached hydrogen (secondary N) is 1. The van der Waals surface area contributed by atoms with Crippen molar-refractivity contribution in [2.75, 3.05) is 19.5 Å². The lowest BCUT2D eigenvalue weighted by molar-refractivity contribution is 0.395. The molecule has 0 saturated heterocycles. The van der Waals surface area contributed by atoms with Crippen molar-refractivity contribution in [2.24, 2.45) is 0 Å². The number of thiazole rings is 1. The predicted molar refractivity (Wildman–Crippen MR) is 74.5 cm³/mol. The zero-order valence-corrected chi connectivity index (χ0v) is 11.6. The highest BCUT2D eigenvalue weighted by Crippen LogP contribution is 2.32. The fraction of sp³-hybridized carbons (Fsp3) is 0.250. The van der Waals surface area contributed by atoms with Gasteiger partial charge in [0.1, 0.15) is 11.5 Å². The Hall–Kier alpha value is -1.46. The van der Waals surface area contributed by atoms with Crippen LogP contribution in [0.25, 0.3) is 0 Å². The van der Waals surface area contributed by atoms with Crippen LogP contribution in [0.1, 0.15) is 5.69 Å². The van der Waals surface area contributed by atoms with Crippen molar-refractivity contribution in [3.05, 3.63) is 29.3 Å². The molecule has 4 nitrogen and oxygen atoms in total. The summed E-state index contributed by atoms with van der Waals surface area (Å²) in [6, 6.07) is 5.57. The predicted octanol–water partition coefficient (Wildman–Crippen LogP) is 3.64. The van der Waals surface area contributed by atoms with Gasteiger partial charge in [0.05, 0.1) is 31.5 Å². The molecule has 96 valence electrons. The normalized spacial score (nSPS) is 10.2. The standard InChI is InChI=1S/C12H13ClN2O2S/c1-16-9-3-4-10(11(5-9)17-2)15-12-14-8(6-13)7-18-12/h3-5,7H,6H2,1-2H3,(H,14,15). The molecular weight excluding hydrogens is 272 g/mol. The Morgan fingerprint density at radius 1 is 1.33 bits per heavy atom. The summed E-state index contributed by atoms with van der Waals surface area (Å²) < 4.78 is 10.4. The van der Waals surface area contributed by atoms with Gasteiger partial charge in [-0.15, -0.1) is 22.9 Å². The number of nitrogens with zero attached hydrogens (tertiary/aromatic N) is 1. The third kappa shape index (κ3) is 2.86. The van der Waals surface area contributed by atoms with Crippen LogP contribution in [0.2, 0.25) is 0 Å². The van der Waals surface area contributed by atoms with E-state index in [1.807, 2.05) is 23.6 Å². The van der Waals surface area contributed by atoms with Gasteiger partial charge < -0.3 is 14.8 Å². The van der Waals surface area contributed by atoms with Gasteiger partial charge in [0.2, 0.25) is 0 Å². The van der Waals surface area contributed by atoms with Crippen LogP contribution in [-0.2, 0) is 5.88 Å². The number of halogens is 1. The maximum atomic E-state index is 5.72. The smallest absolute Gasteiger partial charge is 0.187 e. The number of alkyl halides is 1. The van der Waals surface area contributed by atoms with Crippen LogP contribution >= 0.6 is 22.9 Å². The van der Waals surface area contributed by atoms with E-state index in [1.54, 1.807) is 14.2 Å². The molecule has 18 heavy (non-hydrogen) atoms. The van der Waals surface area contributed by atoms with E-state index in [4.69, 9.17) is 21.1 Å². The zero-order valence-electron chi connectivity index (χ0n) is 10.1. The Kier molecular flexibility index (Phi) is 4.28. The highest BCUT2D eigenvalue weighted by molar-refractivity contribution is 7.13. The molecule has 0 aliphatic rings. The number of aromatic nitrogens is 1. The molecule has 0 bridgehead atoms. The highest BCUT2D eigenvalue weighted by Gasteiger charge is 2.07. The molecule has 0 spiro atoms. The number of hydrogen-bond donors (Lipinski definition) is 1. The molecule has 2 rings (SSSR count). The zero-order chi connectivity index (χ0) is 13.0. The Balaban J connectivity index is 2.22. The molecule has 1 N–H and O–H groups in total. The summed E-state index contributed by atoms with van der Waals surface area (Å²) in [7, 11) is 3.24. The molecule has 0 aliphatic carbocycles. The van der Waals surface area contributed by atoms with Crippen LogP contribution in [0.4, 0.5) is 10.8 Å². The second kappa shape index (κ2) is 5.93. The van der Waals surface area contributed by atoms with Crippen LogP contribution in [-0.4, -0.2) is 19.2 Å². The molecule has 6 heteroatoms. The monoisotopic (exact) mass is 284 g/mol. The summed E-state index contributed by atoms with van der Waals surface area (Å²) in [4.78, 5) is 4.33. The van der Waals surface area contributed by atoms with Gasteiger partial charge in [-0.25, -0.2) is 4.98 Å². The number of ether oxygens (including phenoxy) is 2. The lowest BCUT2D eigenvalue weighted by Gasteiger charge is -2.10. The molecule has 0 unspecified atom stereocenters. The van der Waals surface area contributed by atoms with Gasteiger partial charge in [0.15, 0.2) is 5.13 Å². The second-order valence-electron chi connectivity index (χ2n) is 3.47. The van der Waals surface area contributed by atoms with Gasteiger partial charge in [-0.2, -0.15) is 0 Å². The summed E-state index contributed by atoms with van der Waals surface area (Å²) in [5, 5.41) is 5.91. The first-order valence-electron chi connectivity index (χ1n) is 5.26. The summed E-state index contributed by atoms with van der Waals surface area (Å²) in [6.07, 6.45) is 0. The average molecular weight is 285 g/mol. The third-order valence-corrected chi connectivity index (χ3v) is 3.42. The maximum Gasteiger partial charge on any atom is 0.187 e. The van der Waals surface area contributed by atoms with Crippen molar-refractivity contribution in [2.45, 2.75) is 5.88 Å². The first-order chi connectivity index (χ1) is 8.76. The first kappa shape index (κ1) is 13.0. The van der Waals surface area contributed by atoms with E-state index in [1.165, 1.54) is 11.3 Å². The number of anilines is 2. The van der Waals surface area contributed by atoms with Crippen LogP contribution in [0.5, 0.6) is 11.5 Å². The van der Waals surface area contributed by atoms with Crippen LogP contribution in [0.3, 0.4) is 0 Å². The summed E-state index contributed by atoms with van der Waals surface area (Å²) in [5.41, 5.74) is 1.70. The van der Waals surface area contributed by atoms with Crippen LogP contribution in [0.15, 0.2) is 23.6 Å².